The van der Waals surface area contributed by atoms with E-state index in [1.807, 2.05) is 0 Å². The zero-order valence-corrected chi connectivity index (χ0v) is 10.2. The van der Waals surface area contributed by atoms with Crippen molar-refractivity contribution >= 4 is 0 Å². The molecular formula is C12H23N3. The van der Waals surface area contributed by atoms with Crippen molar-refractivity contribution in [3.63, 3.8) is 0 Å². The fourth-order valence-corrected chi connectivity index (χ4v) is 1.98. The van der Waals surface area contributed by atoms with Crippen LogP contribution in [0, 0.1) is 17.2 Å². The summed E-state index contributed by atoms with van der Waals surface area (Å²) in [7, 11) is 0. The molecule has 1 rings (SSSR count). The fourth-order valence-electron chi connectivity index (χ4n) is 1.98. The van der Waals surface area contributed by atoms with Crippen molar-refractivity contribution in [3.05, 3.63) is 0 Å². The van der Waals surface area contributed by atoms with Crippen molar-refractivity contribution in [3.8, 4) is 6.07 Å². The Hall–Kier alpha value is -0.590. The second-order valence-corrected chi connectivity index (χ2v) is 4.99. The summed E-state index contributed by atoms with van der Waals surface area (Å²) < 4.78 is 0. The molecule has 0 aromatic rings. The standard InChI is InChI=1S/C12H23N3/c1-10(2)5-7-15-9-12(4-6-13)14-8-11(15)3/h10-12,14H,4-5,7-9H2,1-3H3. The predicted octanol–water partition coefficient (Wildman–Crippen LogP) is 1.61. The van der Waals surface area contributed by atoms with Gasteiger partial charge in [-0.05, 0) is 25.8 Å². The van der Waals surface area contributed by atoms with Crippen LogP contribution in [0.2, 0.25) is 0 Å². The predicted molar refractivity (Wildman–Crippen MR) is 62.5 cm³/mol. The topological polar surface area (TPSA) is 39.1 Å². The van der Waals surface area contributed by atoms with Crippen LogP contribution < -0.4 is 5.32 Å². The Morgan fingerprint density at radius 3 is 2.87 bits per heavy atom. The highest BCUT2D eigenvalue weighted by molar-refractivity contribution is 4.89. The minimum absolute atomic E-state index is 0.373. The smallest absolute Gasteiger partial charge is 0.0638 e. The zero-order chi connectivity index (χ0) is 11.3. The van der Waals surface area contributed by atoms with Crippen molar-refractivity contribution in [2.75, 3.05) is 19.6 Å². The molecule has 0 bridgehead atoms. The minimum atomic E-state index is 0.373. The summed E-state index contributed by atoms with van der Waals surface area (Å²) in [6.07, 6.45) is 1.88. The van der Waals surface area contributed by atoms with E-state index in [0.717, 1.165) is 19.0 Å². The first-order valence-electron chi connectivity index (χ1n) is 5.98. The van der Waals surface area contributed by atoms with E-state index in [1.165, 1.54) is 13.0 Å². The monoisotopic (exact) mass is 209 g/mol. The van der Waals surface area contributed by atoms with Gasteiger partial charge in [0.05, 0.1) is 12.5 Å². The highest BCUT2D eigenvalue weighted by atomic mass is 15.2. The second kappa shape index (κ2) is 6.09. The van der Waals surface area contributed by atoms with E-state index in [-0.39, 0.29) is 0 Å². The average Bonchev–Trinajstić information content (AvgIpc) is 2.19. The maximum atomic E-state index is 8.68. The van der Waals surface area contributed by atoms with Gasteiger partial charge in [0.1, 0.15) is 0 Å². The zero-order valence-electron chi connectivity index (χ0n) is 10.2. The molecule has 2 unspecified atom stereocenters. The van der Waals surface area contributed by atoms with Gasteiger partial charge in [0.2, 0.25) is 0 Å². The number of nitrogens with one attached hydrogen (secondary N) is 1. The van der Waals surface area contributed by atoms with Crippen LogP contribution in [0.1, 0.15) is 33.6 Å². The summed E-state index contributed by atoms with van der Waals surface area (Å²) in [6, 6.07) is 3.23. The number of hydrogen-bond donors (Lipinski definition) is 1. The molecule has 2 atom stereocenters. The lowest BCUT2D eigenvalue weighted by atomic mass is 10.1. The van der Waals surface area contributed by atoms with Gasteiger partial charge < -0.3 is 5.32 Å². The molecule has 0 amide bonds. The second-order valence-electron chi connectivity index (χ2n) is 4.99. The molecule has 1 heterocycles. The molecule has 1 aliphatic heterocycles. The lowest BCUT2D eigenvalue weighted by Crippen LogP contribution is -2.55. The van der Waals surface area contributed by atoms with Crippen molar-refractivity contribution in [2.24, 2.45) is 5.92 Å². The molecule has 15 heavy (non-hydrogen) atoms. The maximum Gasteiger partial charge on any atom is 0.0638 e. The third-order valence-corrected chi connectivity index (χ3v) is 3.11. The molecule has 1 saturated heterocycles. The van der Waals surface area contributed by atoms with E-state index < -0.39 is 0 Å². The highest BCUT2D eigenvalue weighted by Crippen LogP contribution is 2.11. The van der Waals surface area contributed by atoms with Crippen molar-refractivity contribution in [2.45, 2.75) is 45.7 Å². The molecular weight excluding hydrogens is 186 g/mol. The Morgan fingerprint density at radius 1 is 1.53 bits per heavy atom. The van der Waals surface area contributed by atoms with Crippen molar-refractivity contribution in [1.29, 1.82) is 5.26 Å². The maximum absolute atomic E-state index is 8.68. The van der Waals surface area contributed by atoms with E-state index in [9.17, 15) is 0 Å². The van der Waals surface area contributed by atoms with Crippen LogP contribution in [0.4, 0.5) is 0 Å². The van der Waals surface area contributed by atoms with E-state index in [1.54, 1.807) is 0 Å². The molecule has 0 aliphatic carbocycles. The Kier molecular flexibility index (Phi) is 5.07. The van der Waals surface area contributed by atoms with Crippen LogP contribution in [0.15, 0.2) is 0 Å². The quantitative estimate of drug-likeness (QED) is 0.764. The van der Waals surface area contributed by atoms with Crippen LogP contribution in [-0.2, 0) is 0 Å². The van der Waals surface area contributed by atoms with Crippen molar-refractivity contribution < 1.29 is 0 Å². The highest BCUT2D eigenvalue weighted by Gasteiger charge is 2.24. The third-order valence-electron chi connectivity index (χ3n) is 3.11. The largest absolute Gasteiger partial charge is 0.310 e. The number of rotatable bonds is 4. The van der Waals surface area contributed by atoms with Gasteiger partial charge in [-0.15, -0.1) is 0 Å². The van der Waals surface area contributed by atoms with Gasteiger partial charge in [-0.25, -0.2) is 0 Å². The Bertz CT molecular complexity index is 219. The Balaban J connectivity index is 2.36. The molecule has 86 valence electrons. The SMILES string of the molecule is CC(C)CCN1CC(CC#N)NCC1C. The first-order valence-corrected chi connectivity index (χ1v) is 5.98. The molecule has 3 heteroatoms. The van der Waals surface area contributed by atoms with E-state index in [2.05, 4.69) is 37.1 Å². The Morgan fingerprint density at radius 2 is 2.27 bits per heavy atom. The minimum Gasteiger partial charge on any atom is -0.310 e. The summed E-state index contributed by atoms with van der Waals surface area (Å²) in [5.74, 6) is 0.765. The molecule has 1 aliphatic rings. The van der Waals surface area contributed by atoms with E-state index in [0.29, 0.717) is 18.5 Å². The average molecular weight is 209 g/mol. The molecule has 0 aromatic heterocycles. The van der Waals surface area contributed by atoms with Crippen LogP contribution in [0.5, 0.6) is 0 Å². The van der Waals surface area contributed by atoms with Gasteiger partial charge in [0.15, 0.2) is 0 Å². The summed E-state index contributed by atoms with van der Waals surface area (Å²) >= 11 is 0. The van der Waals surface area contributed by atoms with Crippen LogP contribution in [0.3, 0.4) is 0 Å². The van der Waals surface area contributed by atoms with Crippen LogP contribution in [-0.4, -0.2) is 36.6 Å². The summed E-state index contributed by atoms with van der Waals surface area (Å²) in [5.41, 5.74) is 0. The molecule has 1 fully saturated rings. The van der Waals surface area contributed by atoms with Gasteiger partial charge in [-0.2, -0.15) is 5.26 Å². The number of hydrogen-bond acceptors (Lipinski definition) is 3. The van der Waals surface area contributed by atoms with Crippen molar-refractivity contribution in [1.82, 2.24) is 10.2 Å². The molecule has 0 saturated carbocycles. The number of piperazine rings is 1. The summed E-state index contributed by atoms with van der Waals surface area (Å²) in [4.78, 5) is 2.51. The van der Waals surface area contributed by atoms with Gasteiger partial charge in [0.25, 0.3) is 0 Å². The van der Waals surface area contributed by atoms with E-state index in [4.69, 9.17) is 5.26 Å². The number of nitrogens with zero attached hydrogens (tertiary/aromatic N) is 2. The first-order chi connectivity index (χ1) is 7.13. The first kappa shape index (κ1) is 12.5. The van der Waals surface area contributed by atoms with E-state index >= 15 is 0 Å². The molecule has 0 spiro atoms. The Labute approximate surface area is 93.5 Å². The van der Waals surface area contributed by atoms with Gasteiger partial charge >= 0.3 is 0 Å². The normalized spacial score (nSPS) is 27.9. The number of nitriles is 1. The molecule has 0 aromatic carbocycles. The molecule has 0 radical (unpaired) electrons. The molecule has 3 nitrogen and oxygen atoms in total. The van der Waals surface area contributed by atoms with Crippen LogP contribution in [0.25, 0.3) is 0 Å². The third kappa shape index (κ3) is 4.19. The lowest BCUT2D eigenvalue weighted by molar-refractivity contribution is 0.135. The lowest BCUT2D eigenvalue weighted by Gasteiger charge is -2.38. The molecule has 1 N–H and O–H groups in total. The van der Waals surface area contributed by atoms with Gasteiger partial charge in [-0.1, -0.05) is 13.8 Å². The summed E-state index contributed by atoms with van der Waals surface area (Å²) in [6.45, 7) is 10.0. The van der Waals surface area contributed by atoms with Gasteiger partial charge in [0, 0.05) is 25.2 Å². The van der Waals surface area contributed by atoms with Gasteiger partial charge in [-0.3, -0.25) is 4.90 Å². The van der Waals surface area contributed by atoms with Crippen LogP contribution >= 0.6 is 0 Å². The summed E-state index contributed by atoms with van der Waals surface area (Å²) in [5, 5.41) is 12.1. The fraction of sp³-hybridized carbons (Fsp3) is 0.917.